The minimum absolute atomic E-state index is 0.583. The van der Waals surface area contributed by atoms with E-state index in [4.69, 9.17) is 5.73 Å². The molecule has 0 saturated heterocycles. The summed E-state index contributed by atoms with van der Waals surface area (Å²) in [5.74, 6) is 0. The van der Waals surface area contributed by atoms with Gasteiger partial charge in [0.05, 0.1) is 6.54 Å². The van der Waals surface area contributed by atoms with Gasteiger partial charge >= 0.3 is 0 Å². The van der Waals surface area contributed by atoms with Crippen LogP contribution in [-0.4, -0.2) is 21.3 Å². The summed E-state index contributed by atoms with van der Waals surface area (Å²) in [5.41, 5.74) is 5.21. The summed E-state index contributed by atoms with van der Waals surface area (Å²) in [4.78, 5) is 3.61. The van der Waals surface area contributed by atoms with Gasteiger partial charge in [-0.2, -0.15) is 5.10 Å². The van der Waals surface area contributed by atoms with E-state index in [9.17, 15) is 0 Å². The number of hydrogen-bond donors (Lipinski definition) is 1. The zero-order valence-electron chi connectivity index (χ0n) is 4.41. The van der Waals surface area contributed by atoms with E-state index in [1.54, 1.807) is 4.68 Å². The molecule has 0 aliphatic carbocycles. The van der Waals surface area contributed by atoms with Gasteiger partial charge in [-0.15, -0.1) is 0 Å². The highest BCUT2D eigenvalue weighted by molar-refractivity contribution is 4.52. The molecule has 43 valence electrons. The minimum Gasteiger partial charge on any atom is -0.329 e. The summed E-state index contributed by atoms with van der Waals surface area (Å²) < 4.78 is 1.57. The SMILES string of the molecule is NCCn1[c]ncn1. The van der Waals surface area contributed by atoms with Gasteiger partial charge in [-0.25, -0.2) is 9.67 Å². The second-order valence-corrected chi connectivity index (χ2v) is 1.37. The van der Waals surface area contributed by atoms with Crippen LogP contribution in [0.3, 0.4) is 0 Å². The summed E-state index contributed by atoms with van der Waals surface area (Å²) in [6, 6.07) is 0. The Kier molecular flexibility index (Phi) is 1.58. The maximum atomic E-state index is 5.21. The molecule has 1 radical (unpaired) electrons. The maximum absolute atomic E-state index is 5.21. The number of aromatic nitrogens is 3. The highest BCUT2D eigenvalue weighted by Crippen LogP contribution is 1.73. The van der Waals surface area contributed by atoms with Crippen molar-refractivity contribution in [2.45, 2.75) is 6.54 Å². The van der Waals surface area contributed by atoms with Crippen molar-refractivity contribution in [1.82, 2.24) is 14.8 Å². The van der Waals surface area contributed by atoms with E-state index in [0.717, 1.165) is 0 Å². The van der Waals surface area contributed by atoms with Gasteiger partial charge < -0.3 is 5.73 Å². The molecule has 1 aromatic heterocycles. The topological polar surface area (TPSA) is 56.7 Å². The molecule has 0 saturated carbocycles. The van der Waals surface area contributed by atoms with E-state index in [1.165, 1.54) is 6.33 Å². The van der Waals surface area contributed by atoms with Crippen LogP contribution in [-0.2, 0) is 6.54 Å². The van der Waals surface area contributed by atoms with E-state index < -0.39 is 0 Å². The molecule has 0 atom stereocenters. The molecule has 1 aromatic rings. The van der Waals surface area contributed by atoms with Gasteiger partial charge in [-0.1, -0.05) is 0 Å². The average molecular weight is 111 g/mol. The van der Waals surface area contributed by atoms with E-state index in [1.807, 2.05) is 0 Å². The Labute approximate surface area is 47.3 Å². The third-order valence-electron chi connectivity index (χ3n) is 0.763. The Morgan fingerprint density at radius 1 is 1.75 bits per heavy atom. The van der Waals surface area contributed by atoms with Gasteiger partial charge in [0.2, 0.25) is 0 Å². The molecule has 1 heterocycles. The zero-order valence-corrected chi connectivity index (χ0v) is 4.41. The molecule has 2 N–H and O–H groups in total. The fourth-order valence-electron chi connectivity index (χ4n) is 0.436. The Balaban J connectivity index is 2.50. The van der Waals surface area contributed by atoms with Crippen molar-refractivity contribution < 1.29 is 0 Å². The first kappa shape index (κ1) is 5.24. The zero-order chi connectivity index (χ0) is 5.82. The first-order valence-electron chi connectivity index (χ1n) is 2.39. The van der Waals surface area contributed by atoms with Crippen LogP contribution in [0.1, 0.15) is 0 Å². The molecule has 0 aliphatic rings. The highest BCUT2D eigenvalue weighted by Gasteiger charge is 1.85. The Morgan fingerprint density at radius 2 is 2.62 bits per heavy atom. The normalized spacial score (nSPS) is 9.62. The van der Waals surface area contributed by atoms with Crippen molar-refractivity contribution >= 4 is 0 Å². The lowest BCUT2D eigenvalue weighted by Crippen LogP contribution is -2.09. The maximum Gasteiger partial charge on any atom is 0.196 e. The van der Waals surface area contributed by atoms with E-state index in [0.29, 0.717) is 13.1 Å². The first-order valence-corrected chi connectivity index (χ1v) is 2.39. The van der Waals surface area contributed by atoms with Crippen LogP contribution in [0.15, 0.2) is 6.33 Å². The van der Waals surface area contributed by atoms with Crippen molar-refractivity contribution in [2.75, 3.05) is 6.54 Å². The van der Waals surface area contributed by atoms with Gasteiger partial charge in [0.1, 0.15) is 6.33 Å². The van der Waals surface area contributed by atoms with Gasteiger partial charge in [-0.05, 0) is 0 Å². The molecular weight excluding hydrogens is 104 g/mol. The van der Waals surface area contributed by atoms with Crippen molar-refractivity contribution in [3.05, 3.63) is 12.7 Å². The summed E-state index contributed by atoms with van der Waals surface area (Å²) >= 11 is 0. The van der Waals surface area contributed by atoms with E-state index in [-0.39, 0.29) is 0 Å². The number of nitrogens with zero attached hydrogens (tertiary/aromatic N) is 3. The lowest BCUT2D eigenvalue weighted by Gasteiger charge is -1.90. The summed E-state index contributed by atoms with van der Waals surface area (Å²) in [6.07, 6.45) is 4.05. The van der Waals surface area contributed by atoms with Gasteiger partial charge in [0, 0.05) is 6.54 Å². The monoisotopic (exact) mass is 111 g/mol. The van der Waals surface area contributed by atoms with Crippen LogP contribution in [0, 0.1) is 6.33 Å². The molecule has 0 spiro atoms. The Bertz CT molecular complexity index is 134. The fraction of sp³-hybridized carbons (Fsp3) is 0.500. The predicted molar refractivity (Wildman–Crippen MR) is 27.9 cm³/mol. The first-order chi connectivity index (χ1) is 3.93. The van der Waals surface area contributed by atoms with Crippen LogP contribution in [0.4, 0.5) is 0 Å². The van der Waals surface area contributed by atoms with E-state index >= 15 is 0 Å². The smallest absolute Gasteiger partial charge is 0.196 e. The quantitative estimate of drug-likeness (QED) is 0.534. The Hall–Kier alpha value is -0.900. The number of hydrogen-bond acceptors (Lipinski definition) is 3. The van der Waals surface area contributed by atoms with Crippen LogP contribution in [0.5, 0.6) is 0 Å². The molecule has 0 unspecified atom stereocenters. The average Bonchev–Trinajstić information content (AvgIpc) is 2.19. The number of nitrogens with two attached hydrogens (primary N) is 1. The lowest BCUT2D eigenvalue weighted by atomic mass is 10.7. The van der Waals surface area contributed by atoms with E-state index in [2.05, 4.69) is 16.4 Å². The molecule has 0 aliphatic heterocycles. The molecule has 0 fully saturated rings. The lowest BCUT2D eigenvalue weighted by molar-refractivity contribution is 0.619. The molecule has 0 aromatic carbocycles. The molecule has 1 rings (SSSR count). The summed E-state index contributed by atoms with van der Waals surface area (Å²) in [7, 11) is 0. The van der Waals surface area contributed by atoms with Gasteiger partial charge in [0.25, 0.3) is 0 Å². The second kappa shape index (κ2) is 2.42. The van der Waals surface area contributed by atoms with Crippen LogP contribution in [0.2, 0.25) is 0 Å². The van der Waals surface area contributed by atoms with Crippen molar-refractivity contribution in [1.29, 1.82) is 0 Å². The third kappa shape index (κ3) is 1.04. The second-order valence-electron chi connectivity index (χ2n) is 1.37. The fourth-order valence-corrected chi connectivity index (χ4v) is 0.436. The molecule has 0 bridgehead atoms. The number of rotatable bonds is 2. The molecule has 8 heavy (non-hydrogen) atoms. The van der Waals surface area contributed by atoms with Crippen LogP contribution in [0.25, 0.3) is 0 Å². The molecule has 0 amide bonds. The summed E-state index contributed by atoms with van der Waals surface area (Å²) in [5, 5.41) is 3.78. The van der Waals surface area contributed by atoms with Crippen molar-refractivity contribution in [3.63, 3.8) is 0 Å². The van der Waals surface area contributed by atoms with Crippen LogP contribution < -0.4 is 5.73 Å². The van der Waals surface area contributed by atoms with Crippen LogP contribution >= 0.6 is 0 Å². The Morgan fingerprint density at radius 3 is 3.12 bits per heavy atom. The van der Waals surface area contributed by atoms with Gasteiger partial charge in [-0.3, -0.25) is 0 Å². The molecule has 4 nitrogen and oxygen atoms in total. The largest absolute Gasteiger partial charge is 0.329 e. The van der Waals surface area contributed by atoms with Crippen molar-refractivity contribution in [3.8, 4) is 0 Å². The van der Waals surface area contributed by atoms with Gasteiger partial charge in [0.15, 0.2) is 6.33 Å². The van der Waals surface area contributed by atoms with Crippen molar-refractivity contribution in [2.24, 2.45) is 5.73 Å². The minimum atomic E-state index is 0.583. The molecular formula is C4H7N4. The third-order valence-corrected chi connectivity index (χ3v) is 0.763. The predicted octanol–water partition coefficient (Wildman–Crippen LogP) is -0.963. The standard InChI is InChI=1S/C4H7N4/c5-1-2-8-4-6-3-7-8/h3H,1-2,5H2. The highest BCUT2D eigenvalue weighted by atomic mass is 15.3. The molecule has 4 heteroatoms. The summed E-state index contributed by atoms with van der Waals surface area (Å²) in [6.45, 7) is 1.28.